The van der Waals surface area contributed by atoms with E-state index in [1.165, 1.54) is 0 Å². The van der Waals surface area contributed by atoms with Crippen molar-refractivity contribution in [1.82, 2.24) is 0 Å². The second kappa shape index (κ2) is 5.73. The predicted molar refractivity (Wildman–Crippen MR) is 59.3 cm³/mol. The van der Waals surface area contributed by atoms with Crippen molar-refractivity contribution in [3.63, 3.8) is 0 Å². The summed E-state index contributed by atoms with van der Waals surface area (Å²) in [6.45, 7) is 2.08. The maximum Gasteiger partial charge on any atom is 0.310 e. The molecule has 84 valence electrons. The Morgan fingerprint density at radius 1 is 1.62 bits per heavy atom. The van der Waals surface area contributed by atoms with Gasteiger partial charge in [-0.15, -0.1) is 0 Å². The Kier molecular flexibility index (Phi) is 4.30. The van der Waals surface area contributed by atoms with Gasteiger partial charge < -0.3 is 10.2 Å². The van der Waals surface area contributed by atoms with Gasteiger partial charge in [-0.05, 0) is 18.6 Å². The minimum Gasteiger partial charge on any atom is -0.466 e. The molecule has 0 atom stereocenters. The highest BCUT2D eigenvalue weighted by atomic mass is 16.5. The van der Waals surface area contributed by atoms with Gasteiger partial charge in [0.2, 0.25) is 0 Å². The van der Waals surface area contributed by atoms with E-state index in [2.05, 4.69) is 5.43 Å². The average molecular weight is 219 g/mol. The normalized spacial score (nSPS) is 9.31. The number of ether oxygens (including phenoxy) is 1. The third-order valence-electron chi connectivity index (χ3n) is 2.06. The molecule has 5 nitrogen and oxygen atoms in total. The number of esters is 1. The van der Waals surface area contributed by atoms with Gasteiger partial charge >= 0.3 is 5.97 Å². The number of para-hydroxylation sites is 1. The average Bonchev–Trinajstić information content (AvgIpc) is 2.29. The van der Waals surface area contributed by atoms with Crippen LogP contribution in [0.2, 0.25) is 0 Å². The van der Waals surface area contributed by atoms with E-state index in [4.69, 9.17) is 15.8 Å². The van der Waals surface area contributed by atoms with Crippen molar-refractivity contribution >= 4 is 11.7 Å². The number of carbonyl (C=O) groups excluding carboxylic acids is 1. The molecule has 0 bridgehead atoms. The summed E-state index contributed by atoms with van der Waals surface area (Å²) in [5, 5.41) is 8.85. The van der Waals surface area contributed by atoms with E-state index in [1.54, 1.807) is 25.1 Å². The summed E-state index contributed by atoms with van der Waals surface area (Å²) < 4.78 is 4.83. The second-order valence-electron chi connectivity index (χ2n) is 3.08. The Hall–Kier alpha value is -2.06. The number of hydrazine groups is 1. The number of nitrogens with one attached hydrogen (secondary N) is 1. The zero-order chi connectivity index (χ0) is 12.0. The van der Waals surface area contributed by atoms with E-state index >= 15 is 0 Å². The lowest BCUT2D eigenvalue weighted by atomic mass is 10.1. The topological polar surface area (TPSA) is 88.1 Å². The van der Waals surface area contributed by atoms with Crippen molar-refractivity contribution in [2.75, 3.05) is 12.0 Å². The number of nitrogens with two attached hydrogens (primary N) is 1. The van der Waals surface area contributed by atoms with Gasteiger partial charge in [-0.3, -0.25) is 10.6 Å². The maximum absolute atomic E-state index is 11.3. The van der Waals surface area contributed by atoms with Crippen LogP contribution in [0.3, 0.4) is 0 Å². The van der Waals surface area contributed by atoms with Crippen LogP contribution >= 0.6 is 0 Å². The fraction of sp³-hybridized carbons (Fsp3) is 0.273. The third kappa shape index (κ3) is 2.72. The molecule has 0 amide bonds. The van der Waals surface area contributed by atoms with Crippen molar-refractivity contribution in [2.45, 2.75) is 13.3 Å². The summed E-state index contributed by atoms with van der Waals surface area (Å²) in [5.41, 5.74) is 3.96. The molecule has 0 heterocycles. The molecule has 0 radical (unpaired) electrons. The standard InChI is InChI=1S/C11H13N3O2/c1-2-16-10(15)6-8-4-3-5-9(7-12)11(8)14-13/h3-5,14H,2,6,13H2,1H3. The van der Waals surface area contributed by atoms with Crippen LogP contribution in [0.1, 0.15) is 18.1 Å². The van der Waals surface area contributed by atoms with Crippen LogP contribution in [0, 0.1) is 11.3 Å². The van der Waals surface area contributed by atoms with Gasteiger partial charge in [-0.2, -0.15) is 5.26 Å². The molecule has 16 heavy (non-hydrogen) atoms. The predicted octanol–water partition coefficient (Wildman–Crippen LogP) is 0.949. The zero-order valence-corrected chi connectivity index (χ0v) is 8.99. The monoisotopic (exact) mass is 219 g/mol. The highest BCUT2D eigenvalue weighted by Crippen LogP contribution is 2.20. The molecule has 0 fully saturated rings. The van der Waals surface area contributed by atoms with Crippen molar-refractivity contribution in [3.8, 4) is 6.07 Å². The van der Waals surface area contributed by atoms with Gasteiger partial charge in [-0.25, -0.2) is 0 Å². The number of nitrogens with zero attached hydrogens (tertiary/aromatic N) is 1. The van der Waals surface area contributed by atoms with E-state index in [9.17, 15) is 4.79 Å². The van der Waals surface area contributed by atoms with E-state index in [-0.39, 0.29) is 12.4 Å². The highest BCUT2D eigenvalue weighted by Gasteiger charge is 2.11. The number of rotatable bonds is 4. The van der Waals surface area contributed by atoms with E-state index in [0.29, 0.717) is 23.4 Å². The molecule has 0 aliphatic carbocycles. The smallest absolute Gasteiger partial charge is 0.310 e. The van der Waals surface area contributed by atoms with Gasteiger partial charge in [0.1, 0.15) is 6.07 Å². The quantitative estimate of drug-likeness (QED) is 0.447. The summed E-state index contributed by atoms with van der Waals surface area (Å²) in [6.07, 6.45) is 0.100. The second-order valence-corrected chi connectivity index (χ2v) is 3.08. The molecule has 0 spiro atoms. The summed E-state index contributed by atoms with van der Waals surface area (Å²) in [7, 11) is 0. The zero-order valence-electron chi connectivity index (χ0n) is 8.99. The molecule has 0 aliphatic rings. The van der Waals surface area contributed by atoms with Gasteiger partial charge in [0.05, 0.1) is 24.3 Å². The van der Waals surface area contributed by atoms with Crippen LogP contribution in [0.5, 0.6) is 0 Å². The molecule has 0 aromatic heterocycles. The molecule has 3 N–H and O–H groups in total. The van der Waals surface area contributed by atoms with Gasteiger partial charge in [0, 0.05) is 0 Å². The Morgan fingerprint density at radius 2 is 2.38 bits per heavy atom. The molecule has 0 aliphatic heterocycles. The summed E-state index contributed by atoms with van der Waals surface area (Å²) in [4.78, 5) is 11.3. The molecule has 0 saturated carbocycles. The summed E-state index contributed by atoms with van der Waals surface area (Å²) in [6, 6.07) is 7.06. The fourth-order valence-electron chi connectivity index (χ4n) is 1.38. The lowest BCUT2D eigenvalue weighted by Gasteiger charge is -2.09. The van der Waals surface area contributed by atoms with Crippen LogP contribution < -0.4 is 11.3 Å². The van der Waals surface area contributed by atoms with Crippen LogP contribution in [0.25, 0.3) is 0 Å². The largest absolute Gasteiger partial charge is 0.466 e. The molecule has 5 heteroatoms. The van der Waals surface area contributed by atoms with Crippen LogP contribution in [-0.4, -0.2) is 12.6 Å². The Balaban J connectivity index is 2.96. The minimum absolute atomic E-state index is 0.100. The number of hydrogen-bond acceptors (Lipinski definition) is 5. The number of carbonyl (C=O) groups is 1. The number of anilines is 1. The maximum atomic E-state index is 11.3. The van der Waals surface area contributed by atoms with Gasteiger partial charge in [-0.1, -0.05) is 12.1 Å². The van der Waals surface area contributed by atoms with E-state index in [1.807, 2.05) is 6.07 Å². The summed E-state index contributed by atoms with van der Waals surface area (Å²) in [5.74, 6) is 4.98. The number of benzene rings is 1. The number of nitrogen functional groups attached to an aromatic ring is 1. The first-order chi connectivity index (χ1) is 7.72. The molecule has 1 aromatic carbocycles. The number of hydrogen-bond donors (Lipinski definition) is 2. The first kappa shape index (κ1) is 12.0. The van der Waals surface area contributed by atoms with Crippen LogP contribution in [0.15, 0.2) is 18.2 Å². The Bertz CT molecular complexity index is 424. The number of nitriles is 1. The molecule has 1 aromatic rings. The first-order valence-corrected chi connectivity index (χ1v) is 4.87. The molecule has 0 saturated heterocycles. The van der Waals surface area contributed by atoms with E-state index < -0.39 is 0 Å². The Morgan fingerprint density at radius 3 is 2.94 bits per heavy atom. The third-order valence-corrected chi connectivity index (χ3v) is 2.06. The van der Waals surface area contributed by atoms with Crippen molar-refractivity contribution in [3.05, 3.63) is 29.3 Å². The lowest BCUT2D eigenvalue weighted by molar-refractivity contribution is -0.142. The van der Waals surface area contributed by atoms with Crippen molar-refractivity contribution < 1.29 is 9.53 Å². The first-order valence-electron chi connectivity index (χ1n) is 4.87. The summed E-state index contributed by atoms with van der Waals surface area (Å²) >= 11 is 0. The van der Waals surface area contributed by atoms with E-state index in [0.717, 1.165) is 0 Å². The van der Waals surface area contributed by atoms with Crippen LogP contribution in [-0.2, 0) is 16.0 Å². The Labute approximate surface area is 93.8 Å². The van der Waals surface area contributed by atoms with Gasteiger partial charge in [0.15, 0.2) is 0 Å². The molecule has 0 unspecified atom stereocenters. The fourth-order valence-corrected chi connectivity index (χ4v) is 1.38. The molecule has 1 rings (SSSR count). The van der Waals surface area contributed by atoms with Crippen LogP contribution in [0.4, 0.5) is 5.69 Å². The lowest BCUT2D eigenvalue weighted by Crippen LogP contribution is -2.14. The van der Waals surface area contributed by atoms with Crippen molar-refractivity contribution in [1.29, 1.82) is 5.26 Å². The molecular formula is C11H13N3O2. The van der Waals surface area contributed by atoms with Gasteiger partial charge in [0.25, 0.3) is 0 Å². The highest BCUT2D eigenvalue weighted by molar-refractivity contribution is 5.76. The molecular weight excluding hydrogens is 206 g/mol. The SMILES string of the molecule is CCOC(=O)Cc1cccc(C#N)c1NN. The van der Waals surface area contributed by atoms with Crippen molar-refractivity contribution in [2.24, 2.45) is 5.84 Å². The minimum atomic E-state index is -0.339.